The molecule has 0 amide bonds. The summed E-state index contributed by atoms with van der Waals surface area (Å²) >= 11 is 6.16. The molecule has 6 heteroatoms. The van der Waals surface area contributed by atoms with Crippen LogP contribution >= 0.6 is 11.6 Å². The zero-order valence-corrected chi connectivity index (χ0v) is 13.8. The van der Waals surface area contributed by atoms with Gasteiger partial charge in [0.15, 0.2) is 11.5 Å². The Balaban J connectivity index is 2.88. The molecule has 0 bridgehead atoms. The van der Waals surface area contributed by atoms with E-state index in [-0.39, 0.29) is 17.9 Å². The smallest absolute Gasteiger partial charge is 0.323 e. The largest absolute Gasteiger partial charge is 0.493 e. The Morgan fingerprint density at radius 3 is 2.38 bits per heavy atom. The number of esters is 1. The molecule has 0 radical (unpaired) electrons. The van der Waals surface area contributed by atoms with Crippen LogP contribution in [0, 0.1) is 5.92 Å². The summed E-state index contributed by atoms with van der Waals surface area (Å²) in [6, 6.07) is 3.23. The van der Waals surface area contributed by atoms with Crippen LogP contribution in [0.5, 0.6) is 11.5 Å². The normalized spacial score (nSPS) is 12.1. The number of carbonyl (C=O) groups is 1. The van der Waals surface area contributed by atoms with Crippen molar-refractivity contribution in [3.63, 3.8) is 0 Å². The molecule has 0 saturated heterocycles. The average Bonchev–Trinajstić information content (AvgIpc) is 2.45. The van der Waals surface area contributed by atoms with Crippen molar-refractivity contribution in [2.45, 2.75) is 26.4 Å². The number of methoxy groups -OCH3 is 3. The number of halogens is 1. The minimum atomic E-state index is -0.373. The molecule has 1 aromatic rings. The van der Waals surface area contributed by atoms with E-state index in [1.807, 2.05) is 19.9 Å². The second-order valence-electron chi connectivity index (χ2n) is 4.94. The highest BCUT2D eigenvalue weighted by Crippen LogP contribution is 2.36. The monoisotopic (exact) mass is 315 g/mol. The molecule has 5 nitrogen and oxygen atoms in total. The molecule has 1 aromatic carbocycles. The molecule has 118 valence electrons. The molecule has 0 heterocycles. The molecule has 0 aliphatic carbocycles. The van der Waals surface area contributed by atoms with Gasteiger partial charge in [-0.1, -0.05) is 25.4 Å². The van der Waals surface area contributed by atoms with Crippen molar-refractivity contribution >= 4 is 17.6 Å². The molecule has 0 aromatic heterocycles. The predicted molar refractivity (Wildman–Crippen MR) is 82.0 cm³/mol. The lowest BCUT2D eigenvalue weighted by Crippen LogP contribution is -2.41. The number of carbonyl (C=O) groups excluding carboxylic acids is 1. The summed E-state index contributed by atoms with van der Waals surface area (Å²) < 4.78 is 15.2. The Morgan fingerprint density at radius 1 is 1.24 bits per heavy atom. The first-order valence-electron chi connectivity index (χ1n) is 6.66. The van der Waals surface area contributed by atoms with Crippen molar-refractivity contribution in [3.8, 4) is 11.5 Å². The Kier molecular flexibility index (Phi) is 6.78. The van der Waals surface area contributed by atoms with Gasteiger partial charge in [0.1, 0.15) is 6.04 Å². The number of rotatable bonds is 7. The van der Waals surface area contributed by atoms with Crippen molar-refractivity contribution in [1.82, 2.24) is 5.32 Å². The fraction of sp³-hybridized carbons (Fsp3) is 0.533. The van der Waals surface area contributed by atoms with Crippen LogP contribution in [0.3, 0.4) is 0 Å². The maximum absolute atomic E-state index is 11.7. The number of hydrogen-bond acceptors (Lipinski definition) is 5. The van der Waals surface area contributed by atoms with Crippen molar-refractivity contribution < 1.29 is 19.0 Å². The maximum Gasteiger partial charge on any atom is 0.323 e. The van der Waals surface area contributed by atoms with E-state index in [9.17, 15) is 4.79 Å². The van der Waals surface area contributed by atoms with E-state index in [2.05, 4.69) is 5.32 Å². The third-order valence-corrected chi connectivity index (χ3v) is 3.42. The van der Waals surface area contributed by atoms with Crippen molar-refractivity contribution in [1.29, 1.82) is 0 Å². The Labute approximate surface area is 130 Å². The summed E-state index contributed by atoms with van der Waals surface area (Å²) in [5.41, 5.74) is 0.896. The molecular weight excluding hydrogens is 294 g/mol. The van der Waals surface area contributed by atoms with Gasteiger partial charge in [0.25, 0.3) is 0 Å². The molecule has 1 rings (SSSR count). The topological polar surface area (TPSA) is 56.8 Å². The van der Waals surface area contributed by atoms with Gasteiger partial charge in [-0.3, -0.25) is 4.79 Å². The van der Waals surface area contributed by atoms with Crippen molar-refractivity contribution in [2.24, 2.45) is 5.92 Å². The molecule has 0 unspecified atom stereocenters. The van der Waals surface area contributed by atoms with E-state index < -0.39 is 0 Å². The molecule has 21 heavy (non-hydrogen) atoms. The van der Waals surface area contributed by atoms with Gasteiger partial charge >= 0.3 is 5.97 Å². The Hall–Kier alpha value is -1.46. The van der Waals surface area contributed by atoms with E-state index in [0.29, 0.717) is 23.1 Å². The van der Waals surface area contributed by atoms with Gasteiger partial charge in [-0.05, 0) is 23.6 Å². The van der Waals surface area contributed by atoms with Gasteiger partial charge in [0.2, 0.25) is 0 Å². The van der Waals surface area contributed by atoms with Gasteiger partial charge in [-0.2, -0.15) is 0 Å². The quantitative estimate of drug-likeness (QED) is 0.784. The maximum atomic E-state index is 11.7. The fourth-order valence-electron chi connectivity index (χ4n) is 2.02. The van der Waals surface area contributed by atoms with Crippen LogP contribution in [-0.2, 0) is 16.1 Å². The van der Waals surface area contributed by atoms with Crippen LogP contribution in [0.25, 0.3) is 0 Å². The third-order valence-electron chi connectivity index (χ3n) is 3.14. The van der Waals surface area contributed by atoms with Crippen molar-refractivity contribution in [2.75, 3.05) is 21.3 Å². The first kappa shape index (κ1) is 17.6. The molecule has 0 aliphatic rings. The number of hydrogen-bond donors (Lipinski definition) is 1. The van der Waals surface area contributed by atoms with Gasteiger partial charge in [-0.25, -0.2) is 0 Å². The molecular formula is C15H22ClNO4. The molecule has 1 atom stereocenters. The predicted octanol–water partition coefficient (Wildman–Crippen LogP) is 2.64. The van der Waals surface area contributed by atoms with Gasteiger partial charge in [0, 0.05) is 6.54 Å². The highest BCUT2D eigenvalue weighted by molar-refractivity contribution is 6.32. The summed E-state index contributed by atoms with van der Waals surface area (Å²) in [6.07, 6.45) is 0. The summed E-state index contributed by atoms with van der Waals surface area (Å²) in [5, 5.41) is 3.64. The first-order valence-corrected chi connectivity index (χ1v) is 7.04. The second kappa shape index (κ2) is 8.10. The minimum absolute atomic E-state index is 0.119. The second-order valence-corrected chi connectivity index (χ2v) is 5.35. The van der Waals surface area contributed by atoms with Crippen LogP contribution < -0.4 is 14.8 Å². The molecule has 1 N–H and O–H groups in total. The summed E-state index contributed by atoms with van der Waals surface area (Å²) in [4.78, 5) is 11.7. The average molecular weight is 316 g/mol. The van der Waals surface area contributed by atoms with Crippen molar-refractivity contribution in [3.05, 3.63) is 22.7 Å². The molecule has 0 fully saturated rings. The van der Waals surface area contributed by atoms with Gasteiger partial charge in [0.05, 0.1) is 26.4 Å². The van der Waals surface area contributed by atoms with Gasteiger partial charge < -0.3 is 19.5 Å². The summed E-state index contributed by atoms with van der Waals surface area (Å²) in [7, 11) is 4.47. The zero-order chi connectivity index (χ0) is 16.0. The number of benzene rings is 1. The molecule has 0 spiro atoms. The zero-order valence-electron chi connectivity index (χ0n) is 13.0. The minimum Gasteiger partial charge on any atom is -0.493 e. The summed E-state index contributed by atoms with van der Waals surface area (Å²) in [6.45, 7) is 4.38. The fourth-order valence-corrected chi connectivity index (χ4v) is 2.33. The van der Waals surface area contributed by atoms with Gasteiger partial charge in [-0.15, -0.1) is 0 Å². The van der Waals surface area contributed by atoms with E-state index in [4.69, 9.17) is 25.8 Å². The first-order chi connectivity index (χ1) is 9.94. The number of nitrogens with one attached hydrogen (secondary N) is 1. The standard InChI is InChI=1S/C15H22ClNO4/c1-9(2)13(15(18)21-5)17-8-10-6-11(16)14(20-4)12(7-10)19-3/h6-7,9,13,17H,8H2,1-5H3/t13-/m0/s1. The SMILES string of the molecule is COC(=O)[C@@H](NCc1cc(Cl)c(OC)c(OC)c1)C(C)C. The van der Waals surface area contributed by atoms with Crippen LogP contribution in [-0.4, -0.2) is 33.3 Å². The lowest BCUT2D eigenvalue weighted by Gasteiger charge is -2.20. The molecule has 0 saturated carbocycles. The highest BCUT2D eigenvalue weighted by atomic mass is 35.5. The van der Waals surface area contributed by atoms with E-state index >= 15 is 0 Å². The molecule has 0 aliphatic heterocycles. The lowest BCUT2D eigenvalue weighted by atomic mass is 10.0. The third kappa shape index (κ3) is 4.51. The van der Waals surface area contributed by atoms with Crippen LogP contribution in [0.2, 0.25) is 5.02 Å². The van der Waals surface area contributed by atoms with E-state index in [1.165, 1.54) is 14.2 Å². The lowest BCUT2D eigenvalue weighted by molar-refractivity contribution is -0.144. The van der Waals surface area contributed by atoms with Crippen LogP contribution in [0.15, 0.2) is 12.1 Å². The Morgan fingerprint density at radius 2 is 1.90 bits per heavy atom. The number of ether oxygens (including phenoxy) is 3. The Bertz CT molecular complexity index is 491. The highest BCUT2D eigenvalue weighted by Gasteiger charge is 2.22. The summed E-state index contributed by atoms with van der Waals surface area (Å²) in [5.74, 6) is 0.891. The van der Waals surface area contributed by atoms with Crippen LogP contribution in [0.4, 0.5) is 0 Å². The van der Waals surface area contributed by atoms with E-state index in [1.54, 1.807) is 13.2 Å². The van der Waals surface area contributed by atoms with E-state index in [0.717, 1.165) is 5.56 Å². The van der Waals surface area contributed by atoms with Crippen LogP contribution in [0.1, 0.15) is 19.4 Å².